The minimum absolute atomic E-state index is 0.297. The van der Waals surface area contributed by atoms with Gasteiger partial charge in [0.1, 0.15) is 0 Å². The van der Waals surface area contributed by atoms with E-state index in [1.165, 1.54) is 0 Å². The van der Waals surface area contributed by atoms with Gasteiger partial charge in [-0.25, -0.2) is 0 Å². The summed E-state index contributed by atoms with van der Waals surface area (Å²) in [6.07, 6.45) is 2.56. The number of aryl methyl sites for hydroxylation is 1. The summed E-state index contributed by atoms with van der Waals surface area (Å²) in [5, 5.41) is 15.3. The van der Waals surface area contributed by atoms with Crippen LogP contribution < -0.4 is 0 Å². The smallest absolute Gasteiger partial charge is 0.310 e. The van der Waals surface area contributed by atoms with E-state index in [-0.39, 0.29) is 0 Å². The Balaban J connectivity index is 2.04. The molecule has 1 unspecified atom stereocenters. The number of benzene rings is 1. The van der Waals surface area contributed by atoms with E-state index in [4.69, 9.17) is 0 Å². The lowest BCUT2D eigenvalue weighted by Crippen LogP contribution is -2.32. The summed E-state index contributed by atoms with van der Waals surface area (Å²) in [5.74, 6) is -0.402. The summed E-state index contributed by atoms with van der Waals surface area (Å²) in [4.78, 5) is 11.7. The lowest BCUT2D eigenvalue weighted by Gasteiger charge is -2.23. The monoisotopic (exact) mass is 272 g/mol. The topological polar surface area (TPSA) is 55.1 Å². The zero-order valence-electron chi connectivity index (χ0n) is 12.0. The molecular weight excluding hydrogens is 252 g/mol. The molecule has 4 heteroatoms. The molecule has 1 heterocycles. The van der Waals surface area contributed by atoms with Crippen LogP contribution in [0.2, 0.25) is 0 Å². The fourth-order valence-electron chi connectivity index (χ4n) is 3.03. The quantitative estimate of drug-likeness (QED) is 0.910. The molecule has 3 rings (SSSR count). The van der Waals surface area contributed by atoms with E-state index in [0.717, 1.165) is 36.0 Å². The highest BCUT2D eigenvalue weighted by molar-refractivity contribution is 5.83. The molecule has 1 aromatic heterocycles. The first kappa shape index (κ1) is 13.2. The number of para-hydroxylation sites is 1. The number of carboxylic acids is 1. The van der Waals surface area contributed by atoms with Crippen LogP contribution in [-0.2, 0) is 17.8 Å². The third kappa shape index (κ3) is 1.99. The zero-order chi connectivity index (χ0) is 14.3. The highest BCUT2D eigenvalue weighted by Crippen LogP contribution is 2.48. The number of nitrogens with zero attached hydrogens (tertiary/aromatic N) is 2. The Morgan fingerprint density at radius 3 is 2.75 bits per heavy atom. The Kier molecular flexibility index (Phi) is 3.04. The van der Waals surface area contributed by atoms with Crippen molar-refractivity contribution in [3.63, 3.8) is 0 Å². The van der Waals surface area contributed by atoms with Crippen molar-refractivity contribution in [3.8, 4) is 0 Å². The molecule has 1 N–H and O–H groups in total. The normalized spacial score (nSPS) is 18.1. The Morgan fingerprint density at radius 1 is 1.45 bits per heavy atom. The maximum absolute atomic E-state index is 11.7. The number of aromatic nitrogens is 2. The van der Waals surface area contributed by atoms with Gasteiger partial charge in [-0.05, 0) is 38.7 Å². The van der Waals surface area contributed by atoms with Crippen LogP contribution in [0.4, 0.5) is 0 Å². The van der Waals surface area contributed by atoms with E-state index in [0.29, 0.717) is 12.3 Å². The summed E-state index contributed by atoms with van der Waals surface area (Å²) in [5.41, 5.74) is 1.32. The summed E-state index contributed by atoms with van der Waals surface area (Å²) >= 11 is 0. The molecule has 1 aromatic carbocycles. The summed E-state index contributed by atoms with van der Waals surface area (Å²) < 4.78 is 1.96. The first-order valence-corrected chi connectivity index (χ1v) is 7.24. The lowest BCUT2D eigenvalue weighted by atomic mass is 9.80. The summed E-state index contributed by atoms with van der Waals surface area (Å²) in [6.45, 7) is 4.72. The average molecular weight is 272 g/mol. The van der Waals surface area contributed by atoms with E-state index >= 15 is 0 Å². The maximum Gasteiger partial charge on any atom is 0.310 e. The van der Waals surface area contributed by atoms with Gasteiger partial charge >= 0.3 is 5.97 Å². The van der Waals surface area contributed by atoms with Gasteiger partial charge in [0.2, 0.25) is 0 Å². The van der Waals surface area contributed by atoms with Crippen LogP contribution in [0.15, 0.2) is 24.3 Å². The Morgan fingerprint density at radius 2 is 2.15 bits per heavy atom. The Bertz CT molecular complexity index is 658. The molecule has 4 nitrogen and oxygen atoms in total. The van der Waals surface area contributed by atoms with Gasteiger partial charge in [-0.3, -0.25) is 9.48 Å². The molecule has 20 heavy (non-hydrogen) atoms. The highest BCUT2D eigenvalue weighted by atomic mass is 16.4. The molecule has 106 valence electrons. The van der Waals surface area contributed by atoms with Crippen LogP contribution in [0, 0.1) is 11.3 Å². The van der Waals surface area contributed by atoms with Crippen molar-refractivity contribution in [2.24, 2.45) is 11.3 Å². The van der Waals surface area contributed by atoms with E-state index in [1.54, 1.807) is 0 Å². The van der Waals surface area contributed by atoms with Crippen LogP contribution in [0.25, 0.3) is 10.9 Å². The predicted octanol–water partition coefficient (Wildman–Crippen LogP) is 3.10. The van der Waals surface area contributed by atoms with Gasteiger partial charge in [-0.15, -0.1) is 0 Å². The third-order valence-electron chi connectivity index (χ3n) is 4.54. The first-order valence-electron chi connectivity index (χ1n) is 7.24. The lowest BCUT2D eigenvalue weighted by molar-refractivity contribution is -0.149. The van der Waals surface area contributed by atoms with Gasteiger partial charge in [0.25, 0.3) is 0 Å². The number of aliphatic carboxylic acids is 1. The van der Waals surface area contributed by atoms with Gasteiger partial charge in [0.05, 0.1) is 16.6 Å². The van der Waals surface area contributed by atoms with E-state index in [1.807, 2.05) is 35.9 Å². The van der Waals surface area contributed by atoms with Gasteiger partial charge < -0.3 is 5.11 Å². The van der Waals surface area contributed by atoms with Gasteiger partial charge in [-0.2, -0.15) is 5.10 Å². The largest absolute Gasteiger partial charge is 0.481 e. The number of carbonyl (C=O) groups is 1. The van der Waals surface area contributed by atoms with Crippen molar-refractivity contribution in [2.45, 2.75) is 39.7 Å². The van der Waals surface area contributed by atoms with Crippen molar-refractivity contribution < 1.29 is 9.90 Å². The highest BCUT2D eigenvalue weighted by Gasteiger charge is 2.48. The maximum atomic E-state index is 11.7. The van der Waals surface area contributed by atoms with E-state index in [9.17, 15) is 9.90 Å². The zero-order valence-corrected chi connectivity index (χ0v) is 12.0. The second-order valence-corrected chi connectivity index (χ2v) is 5.95. The minimum Gasteiger partial charge on any atom is -0.481 e. The van der Waals surface area contributed by atoms with Crippen LogP contribution in [-0.4, -0.2) is 20.9 Å². The molecule has 1 saturated carbocycles. The van der Waals surface area contributed by atoms with Crippen molar-refractivity contribution in [2.75, 3.05) is 0 Å². The Labute approximate surface area is 118 Å². The SMILES string of the molecule is CCn1nc(CC(C)(C(=O)O)C2CC2)c2ccccc21. The van der Waals surface area contributed by atoms with Crippen LogP contribution in [0.3, 0.4) is 0 Å². The number of fused-ring (bicyclic) bond motifs is 1. The van der Waals surface area contributed by atoms with E-state index < -0.39 is 11.4 Å². The molecule has 1 atom stereocenters. The molecule has 0 radical (unpaired) electrons. The van der Waals surface area contributed by atoms with Crippen LogP contribution in [0.1, 0.15) is 32.4 Å². The molecule has 0 spiro atoms. The molecule has 1 aliphatic carbocycles. The summed E-state index contributed by atoms with van der Waals surface area (Å²) in [7, 11) is 0. The Hall–Kier alpha value is -1.84. The second-order valence-electron chi connectivity index (χ2n) is 5.95. The van der Waals surface area contributed by atoms with Gasteiger partial charge in [0.15, 0.2) is 0 Å². The van der Waals surface area contributed by atoms with Crippen molar-refractivity contribution in [1.82, 2.24) is 9.78 Å². The number of hydrogen-bond donors (Lipinski definition) is 1. The third-order valence-corrected chi connectivity index (χ3v) is 4.54. The van der Waals surface area contributed by atoms with Gasteiger partial charge in [0, 0.05) is 18.4 Å². The molecule has 0 amide bonds. The minimum atomic E-state index is -0.699. The standard InChI is InChI=1S/C16H20N2O2/c1-3-18-14-7-5-4-6-12(14)13(17-18)10-16(2,15(19)20)11-8-9-11/h4-7,11H,3,8-10H2,1-2H3,(H,19,20). The fraction of sp³-hybridized carbons (Fsp3) is 0.500. The van der Waals surface area contributed by atoms with Crippen molar-refractivity contribution in [3.05, 3.63) is 30.0 Å². The molecule has 0 bridgehead atoms. The second kappa shape index (κ2) is 4.62. The van der Waals surface area contributed by atoms with E-state index in [2.05, 4.69) is 12.0 Å². The van der Waals surface area contributed by atoms with Crippen LogP contribution in [0.5, 0.6) is 0 Å². The van der Waals surface area contributed by atoms with Gasteiger partial charge in [-0.1, -0.05) is 18.2 Å². The van der Waals surface area contributed by atoms with Crippen molar-refractivity contribution >= 4 is 16.9 Å². The average Bonchev–Trinajstić information content (AvgIpc) is 3.23. The first-order chi connectivity index (χ1) is 9.56. The molecule has 1 fully saturated rings. The molecule has 0 saturated heterocycles. The predicted molar refractivity (Wildman–Crippen MR) is 77.6 cm³/mol. The number of carboxylic acid groups (broad SMARTS) is 1. The number of hydrogen-bond acceptors (Lipinski definition) is 2. The molecular formula is C16H20N2O2. The molecule has 2 aromatic rings. The van der Waals surface area contributed by atoms with Crippen molar-refractivity contribution in [1.29, 1.82) is 0 Å². The summed E-state index contributed by atoms with van der Waals surface area (Å²) in [6, 6.07) is 8.07. The fourth-order valence-corrected chi connectivity index (χ4v) is 3.03. The van der Waals surface area contributed by atoms with Crippen LogP contribution >= 0.6 is 0 Å². The number of rotatable bonds is 5. The molecule has 0 aliphatic heterocycles. The molecule has 1 aliphatic rings.